The fraction of sp³-hybridized carbons (Fsp3) is 0.765. The summed E-state index contributed by atoms with van der Waals surface area (Å²) in [5, 5.41) is 0. The first kappa shape index (κ1) is 19.7. The molecule has 122 valence electrons. The number of carbonyl (C=O) groups excluding carboxylic acids is 2. The molecule has 0 bridgehead atoms. The summed E-state index contributed by atoms with van der Waals surface area (Å²) in [6, 6.07) is 0. The molecule has 0 aliphatic heterocycles. The minimum absolute atomic E-state index is 0.273. The van der Waals surface area contributed by atoms with Crippen molar-refractivity contribution in [2.75, 3.05) is 13.2 Å². The van der Waals surface area contributed by atoms with Crippen molar-refractivity contribution in [3.63, 3.8) is 0 Å². The Bertz CT molecular complexity index is 367. The Balaban J connectivity index is 5.10. The maximum atomic E-state index is 12.2. The Morgan fingerprint density at radius 2 is 1.24 bits per heavy atom. The summed E-state index contributed by atoms with van der Waals surface area (Å²) in [6.07, 6.45) is 1.80. The van der Waals surface area contributed by atoms with Crippen molar-refractivity contribution in [2.45, 2.75) is 60.8 Å². The molecule has 0 atom stereocenters. The third kappa shape index (κ3) is 7.88. The minimum Gasteiger partial charge on any atom is -0.462 e. The predicted octanol–water partition coefficient (Wildman–Crippen LogP) is 3.89. The zero-order valence-electron chi connectivity index (χ0n) is 14.3. The number of rotatable bonds is 9. The zero-order chi connectivity index (χ0) is 16.4. The summed E-state index contributed by atoms with van der Waals surface area (Å²) < 4.78 is 10.5. The standard InChI is InChI=1S/C17H30O4/c1-7-9-15(17(19)21-11-13(5)6)14(8-2)16(18)20-10-12(3)4/h12-13H,7-11H2,1-6H3. The van der Waals surface area contributed by atoms with Gasteiger partial charge in [-0.05, 0) is 24.7 Å². The summed E-state index contributed by atoms with van der Waals surface area (Å²) in [6.45, 7) is 12.5. The Morgan fingerprint density at radius 3 is 1.57 bits per heavy atom. The lowest BCUT2D eigenvalue weighted by molar-refractivity contribution is -0.143. The van der Waals surface area contributed by atoms with Crippen LogP contribution in [0.25, 0.3) is 0 Å². The molecular formula is C17H30O4. The van der Waals surface area contributed by atoms with E-state index in [9.17, 15) is 9.59 Å². The average molecular weight is 298 g/mol. The van der Waals surface area contributed by atoms with Crippen molar-refractivity contribution in [3.8, 4) is 0 Å². The maximum absolute atomic E-state index is 12.2. The first-order chi connectivity index (χ1) is 9.83. The fourth-order valence-corrected chi connectivity index (χ4v) is 1.77. The molecule has 0 radical (unpaired) electrons. The van der Waals surface area contributed by atoms with Crippen LogP contribution in [0.15, 0.2) is 11.1 Å². The van der Waals surface area contributed by atoms with Gasteiger partial charge in [0, 0.05) is 11.1 Å². The van der Waals surface area contributed by atoms with Crippen LogP contribution in [-0.2, 0) is 19.1 Å². The van der Waals surface area contributed by atoms with Crippen LogP contribution in [-0.4, -0.2) is 25.2 Å². The predicted molar refractivity (Wildman–Crippen MR) is 83.8 cm³/mol. The van der Waals surface area contributed by atoms with E-state index in [-0.39, 0.29) is 17.8 Å². The number of esters is 2. The molecule has 0 unspecified atom stereocenters. The Labute approximate surface area is 128 Å². The number of carbonyl (C=O) groups is 2. The average Bonchev–Trinajstić information content (AvgIpc) is 2.42. The molecule has 0 spiro atoms. The molecule has 0 aliphatic carbocycles. The van der Waals surface area contributed by atoms with Crippen molar-refractivity contribution in [2.24, 2.45) is 11.8 Å². The molecule has 0 amide bonds. The molecule has 0 aliphatic rings. The van der Waals surface area contributed by atoms with Gasteiger partial charge in [0.15, 0.2) is 0 Å². The number of hydrogen-bond donors (Lipinski definition) is 0. The summed E-state index contributed by atoms with van der Waals surface area (Å²) in [5.41, 5.74) is 0.917. The van der Waals surface area contributed by atoms with E-state index in [0.29, 0.717) is 37.2 Å². The Hall–Kier alpha value is -1.32. The van der Waals surface area contributed by atoms with E-state index >= 15 is 0 Å². The summed E-state index contributed by atoms with van der Waals surface area (Å²) in [5.74, 6) is -0.232. The second kappa shape index (κ2) is 10.4. The SMILES string of the molecule is CCCC(C(=O)OCC(C)C)=C(CC)C(=O)OCC(C)C. The van der Waals surface area contributed by atoms with Crippen molar-refractivity contribution in [1.29, 1.82) is 0 Å². The van der Waals surface area contributed by atoms with Gasteiger partial charge in [0.05, 0.1) is 13.2 Å². The monoisotopic (exact) mass is 298 g/mol. The molecule has 0 aromatic heterocycles. The van der Waals surface area contributed by atoms with E-state index < -0.39 is 5.97 Å². The normalized spacial score (nSPS) is 12.4. The van der Waals surface area contributed by atoms with Gasteiger partial charge in [-0.25, -0.2) is 9.59 Å². The second-order valence-corrected chi connectivity index (χ2v) is 6.05. The van der Waals surface area contributed by atoms with Gasteiger partial charge in [-0.15, -0.1) is 0 Å². The molecular weight excluding hydrogens is 268 g/mol. The zero-order valence-corrected chi connectivity index (χ0v) is 14.3. The summed E-state index contributed by atoms with van der Waals surface area (Å²) >= 11 is 0. The van der Waals surface area contributed by atoms with Crippen LogP contribution >= 0.6 is 0 Å². The van der Waals surface area contributed by atoms with E-state index in [1.165, 1.54) is 0 Å². The molecule has 4 nitrogen and oxygen atoms in total. The smallest absolute Gasteiger partial charge is 0.334 e. The van der Waals surface area contributed by atoms with E-state index in [1.807, 2.05) is 41.5 Å². The second-order valence-electron chi connectivity index (χ2n) is 6.05. The van der Waals surface area contributed by atoms with E-state index in [2.05, 4.69) is 0 Å². The van der Waals surface area contributed by atoms with E-state index in [4.69, 9.17) is 9.47 Å². The van der Waals surface area contributed by atoms with E-state index in [1.54, 1.807) is 0 Å². The molecule has 0 aromatic carbocycles. The van der Waals surface area contributed by atoms with Crippen LogP contribution in [0.1, 0.15) is 60.8 Å². The number of ether oxygens (including phenoxy) is 2. The lowest BCUT2D eigenvalue weighted by atomic mass is 10.0. The van der Waals surface area contributed by atoms with Gasteiger partial charge in [0.2, 0.25) is 0 Å². The summed E-state index contributed by atoms with van der Waals surface area (Å²) in [7, 11) is 0. The third-order valence-corrected chi connectivity index (χ3v) is 2.81. The molecule has 0 aromatic rings. The van der Waals surface area contributed by atoms with Crippen LogP contribution in [0.3, 0.4) is 0 Å². The first-order valence-corrected chi connectivity index (χ1v) is 7.89. The molecule has 0 fully saturated rings. The highest BCUT2D eigenvalue weighted by molar-refractivity contribution is 6.00. The molecule has 4 heteroatoms. The summed E-state index contributed by atoms with van der Waals surface area (Å²) in [4.78, 5) is 24.3. The maximum Gasteiger partial charge on any atom is 0.334 e. The lowest BCUT2D eigenvalue weighted by Gasteiger charge is -2.14. The van der Waals surface area contributed by atoms with Gasteiger partial charge in [0.25, 0.3) is 0 Å². The molecule has 0 heterocycles. The van der Waals surface area contributed by atoms with Crippen LogP contribution < -0.4 is 0 Å². The number of hydrogen-bond acceptors (Lipinski definition) is 4. The third-order valence-electron chi connectivity index (χ3n) is 2.81. The van der Waals surface area contributed by atoms with Gasteiger partial charge >= 0.3 is 11.9 Å². The fourth-order valence-electron chi connectivity index (χ4n) is 1.77. The topological polar surface area (TPSA) is 52.6 Å². The van der Waals surface area contributed by atoms with Crippen molar-refractivity contribution < 1.29 is 19.1 Å². The van der Waals surface area contributed by atoms with Gasteiger partial charge in [-0.2, -0.15) is 0 Å². The van der Waals surface area contributed by atoms with Crippen LogP contribution in [0, 0.1) is 11.8 Å². The quantitative estimate of drug-likeness (QED) is 0.478. The first-order valence-electron chi connectivity index (χ1n) is 7.89. The highest BCUT2D eigenvalue weighted by Crippen LogP contribution is 2.18. The minimum atomic E-state index is -0.392. The van der Waals surface area contributed by atoms with Crippen molar-refractivity contribution in [3.05, 3.63) is 11.1 Å². The molecule has 0 rings (SSSR count). The van der Waals surface area contributed by atoms with Gasteiger partial charge < -0.3 is 9.47 Å². The lowest BCUT2D eigenvalue weighted by Crippen LogP contribution is -2.19. The van der Waals surface area contributed by atoms with Gasteiger partial charge in [-0.1, -0.05) is 48.0 Å². The Morgan fingerprint density at radius 1 is 0.810 bits per heavy atom. The molecule has 0 saturated carbocycles. The highest BCUT2D eigenvalue weighted by atomic mass is 16.5. The molecule has 0 saturated heterocycles. The van der Waals surface area contributed by atoms with Crippen LogP contribution in [0.5, 0.6) is 0 Å². The van der Waals surface area contributed by atoms with Crippen molar-refractivity contribution in [1.82, 2.24) is 0 Å². The largest absolute Gasteiger partial charge is 0.462 e. The molecule has 21 heavy (non-hydrogen) atoms. The Kier molecular flexibility index (Phi) is 9.76. The van der Waals surface area contributed by atoms with Crippen LogP contribution in [0.4, 0.5) is 0 Å². The highest BCUT2D eigenvalue weighted by Gasteiger charge is 2.22. The van der Waals surface area contributed by atoms with Crippen LogP contribution in [0.2, 0.25) is 0 Å². The molecule has 0 N–H and O–H groups in total. The van der Waals surface area contributed by atoms with E-state index in [0.717, 1.165) is 6.42 Å². The van der Waals surface area contributed by atoms with Gasteiger partial charge in [0.1, 0.15) is 0 Å². The van der Waals surface area contributed by atoms with Crippen molar-refractivity contribution >= 4 is 11.9 Å². The van der Waals surface area contributed by atoms with Gasteiger partial charge in [-0.3, -0.25) is 0 Å².